The van der Waals surface area contributed by atoms with Crippen molar-refractivity contribution in [2.75, 3.05) is 23.0 Å². The fraction of sp³-hybridized carbons (Fsp3) is 1.00. The van der Waals surface area contributed by atoms with Crippen molar-refractivity contribution >= 4 is 30.5 Å². The molecule has 0 aliphatic heterocycles. The van der Waals surface area contributed by atoms with Crippen LogP contribution in [0.4, 0.5) is 13.2 Å². The standard InChI is InChI=1S/C9H19F3O6S3/c1-3-19(4-2,7-5-6-8-20(13,14)15)18-21(16,17)9(10,11)12/h3-8H2,1-2H3,(H,13,14,15). The predicted molar refractivity (Wildman–Crippen MR) is 75.2 cm³/mol. The Morgan fingerprint density at radius 2 is 1.38 bits per heavy atom. The van der Waals surface area contributed by atoms with Crippen LogP contribution >= 0.6 is 10.3 Å². The Morgan fingerprint density at radius 3 is 1.71 bits per heavy atom. The summed E-state index contributed by atoms with van der Waals surface area (Å²) in [5.74, 6) is -0.303. The second-order valence-electron chi connectivity index (χ2n) is 4.21. The highest BCUT2D eigenvalue weighted by molar-refractivity contribution is 8.33. The molecule has 1 N–H and O–H groups in total. The molecule has 0 rings (SSSR count). The third-order valence-corrected chi connectivity index (χ3v) is 9.12. The van der Waals surface area contributed by atoms with Gasteiger partial charge in [-0.05, 0) is 24.3 Å². The van der Waals surface area contributed by atoms with Gasteiger partial charge in [-0.15, -0.1) is 10.3 Å². The van der Waals surface area contributed by atoms with Crippen molar-refractivity contribution < 1.29 is 38.2 Å². The molecular weight excluding hydrogens is 357 g/mol. The molecule has 0 aromatic carbocycles. The van der Waals surface area contributed by atoms with Gasteiger partial charge in [-0.25, -0.2) is 3.63 Å². The second-order valence-corrected chi connectivity index (χ2v) is 11.2. The Balaban J connectivity index is 4.87. The van der Waals surface area contributed by atoms with Crippen LogP contribution in [0.15, 0.2) is 0 Å². The maximum Gasteiger partial charge on any atom is 0.523 e. The summed E-state index contributed by atoms with van der Waals surface area (Å²) in [5, 5.41) is 0. The van der Waals surface area contributed by atoms with Crippen LogP contribution in [0, 0.1) is 0 Å². The molecule has 0 unspecified atom stereocenters. The first-order chi connectivity index (χ1) is 9.29. The summed E-state index contributed by atoms with van der Waals surface area (Å²) >= 11 is 0. The summed E-state index contributed by atoms with van der Waals surface area (Å²) < 4.78 is 93.4. The Morgan fingerprint density at radius 1 is 0.952 bits per heavy atom. The van der Waals surface area contributed by atoms with Gasteiger partial charge >= 0.3 is 15.6 Å². The van der Waals surface area contributed by atoms with E-state index in [4.69, 9.17) is 4.55 Å². The van der Waals surface area contributed by atoms with Gasteiger partial charge in [0.25, 0.3) is 10.1 Å². The third kappa shape index (κ3) is 7.17. The van der Waals surface area contributed by atoms with E-state index in [0.29, 0.717) is 0 Å². The highest BCUT2D eigenvalue weighted by Crippen LogP contribution is 2.52. The molecular formula is C9H19F3O6S3. The minimum Gasteiger partial charge on any atom is -0.286 e. The molecule has 130 valence electrons. The summed E-state index contributed by atoms with van der Waals surface area (Å²) in [5.41, 5.74) is -5.48. The third-order valence-electron chi connectivity index (χ3n) is 2.74. The largest absolute Gasteiger partial charge is 0.523 e. The van der Waals surface area contributed by atoms with Gasteiger partial charge in [-0.1, -0.05) is 13.8 Å². The van der Waals surface area contributed by atoms with E-state index in [1.165, 1.54) is 13.8 Å². The van der Waals surface area contributed by atoms with E-state index in [0.717, 1.165) is 0 Å². The minimum absolute atomic E-state index is 0.0169. The van der Waals surface area contributed by atoms with Crippen molar-refractivity contribution in [3.63, 3.8) is 0 Å². The smallest absolute Gasteiger partial charge is 0.286 e. The molecule has 0 aromatic rings. The lowest BCUT2D eigenvalue weighted by atomic mass is 10.4. The van der Waals surface area contributed by atoms with Crippen LogP contribution in [0.1, 0.15) is 26.7 Å². The summed E-state index contributed by atoms with van der Waals surface area (Å²) in [7, 11) is -12.3. The lowest BCUT2D eigenvalue weighted by Gasteiger charge is -2.36. The predicted octanol–water partition coefficient (Wildman–Crippen LogP) is 2.28. The number of hydrogen-bond acceptors (Lipinski definition) is 5. The Bertz CT molecular complexity index is 521. The van der Waals surface area contributed by atoms with Gasteiger partial charge in [0.15, 0.2) is 0 Å². The van der Waals surface area contributed by atoms with Gasteiger partial charge in [0.2, 0.25) is 0 Å². The fourth-order valence-corrected chi connectivity index (χ4v) is 6.66. The maximum atomic E-state index is 12.4. The van der Waals surface area contributed by atoms with Crippen molar-refractivity contribution in [2.24, 2.45) is 0 Å². The second kappa shape index (κ2) is 7.49. The number of rotatable bonds is 9. The summed E-state index contributed by atoms with van der Waals surface area (Å²) in [6.45, 7) is 3.04. The van der Waals surface area contributed by atoms with Crippen LogP contribution in [0.3, 0.4) is 0 Å². The van der Waals surface area contributed by atoms with E-state index >= 15 is 0 Å². The quantitative estimate of drug-likeness (QED) is 0.377. The number of alkyl halides is 3. The highest BCUT2D eigenvalue weighted by Gasteiger charge is 2.50. The zero-order chi connectivity index (χ0) is 16.9. The molecule has 0 heterocycles. The molecule has 0 saturated carbocycles. The van der Waals surface area contributed by atoms with Crippen molar-refractivity contribution in [1.82, 2.24) is 0 Å². The Kier molecular flexibility index (Phi) is 7.47. The molecule has 6 nitrogen and oxygen atoms in total. The minimum atomic E-state index is -5.68. The number of hydrogen-bond donors (Lipinski definition) is 1. The first-order valence-electron chi connectivity index (χ1n) is 6.02. The molecule has 0 aromatic heterocycles. The first-order valence-corrected chi connectivity index (χ1v) is 11.1. The average Bonchev–Trinajstić information content (AvgIpc) is 2.30. The fourth-order valence-electron chi connectivity index (χ4n) is 1.50. The van der Waals surface area contributed by atoms with Gasteiger partial charge in [0.1, 0.15) is 0 Å². The average molecular weight is 376 g/mol. The Hall–Kier alpha value is -0.0400. The van der Waals surface area contributed by atoms with Gasteiger partial charge in [0.05, 0.1) is 5.75 Å². The van der Waals surface area contributed by atoms with E-state index in [9.17, 15) is 30.0 Å². The highest BCUT2D eigenvalue weighted by atomic mass is 32.3. The molecule has 0 amide bonds. The van der Waals surface area contributed by atoms with E-state index < -0.39 is 41.8 Å². The summed E-state index contributed by atoms with van der Waals surface area (Å²) in [4.78, 5) is 0. The molecule has 0 atom stereocenters. The van der Waals surface area contributed by atoms with Crippen molar-refractivity contribution in [3.8, 4) is 0 Å². The molecule has 0 spiro atoms. The van der Waals surface area contributed by atoms with Gasteiger partial charge in [-0.2, -0.15) is 30.0 Å². The van der Waals surface area contributed by atoms with Crippen molar-refractivity contribution in [1.29, 1.82) is 0 Å². The Labute approximate surface area is 124 Å². The van der Waals surface area contributed by atoms with Crippen molar-refractivity contribution in [2.45, 2.75) is 32.2 Å². The van der Waals surface area contributed by atoms with Crippen LogP contribution in [0.2, 0.25) is 0 Å². The SMILES string of the molecule is CCS(CC)(CCCCS(=O)(=O)O)OS(=O)(=O)C(F)(F)F. The van der Waals surface area contributed by atoms with Crippen molar-refractivity contribution in [3.05, 3.63) is 0 Å². The molecule has 0 bridgehead atoms. The maximum absolute atomic E-state index is 12.4. The van der Waals surface area contributed by atoms with Crippen LogP contribution in [-0.4, -0.2) is 49.9 Å². The van der Waals surface area contributed by atoms with Gasteiger partial charge in [0, 0.05) is 5.75 Å². The zero-order valence-electron chi connectivity index (χ0n) is 11.6. The number of unbranched alkanes of at least 4 members (excludes halogenated alkanes) is 1. The van der Waals surface area contributed by atoms with Gasteiger partial charge in [-0.3, -0.25) is 4.55 Å². The molecule has 21 heavy (non-hydrogen) atoms. The summed E-state index contributed by atoms with van der Waals surface area (Å²) in [6, 6.07) is 0. The zero-order valence-corrected chi connectivity index (χ0v) is 14.0. The summed E-state index contributed by atoms with van der Waals surface area (Å²) in [6.07, 6.45) is 0.160. The molecule has 0 saturated heterocycles. The van der Waals surface area contributed by atoms with Crippen LogP contribution in [0.25, 0.3) is 0 Å². The first kappa shape index (κ1) is 21.0. The van der Waals surface area contributed by atoms with E-state index in [-0.39, 0.29) is 30.1 Å². The monoisotopic (exact) mass is 376 g/mol. The van der Waals surface area contributed by atoms with Crippen LogP contribution in [0.5, 0.6) is 0 Å². The molecule has 0 fully saturated rings. The van der Waals surface area contributed by atoms with Crippen LogP contribution in [-0.2, 0) is 23.9 Å². The van der Waals surface area contributed by atoms with Gasteiger partial charge < -0.3 is 0 Å². The number of halogens is 3. The molecule has 0 radical (unpaired) electrons. The topological polar surface area (TPSA) is 97.7 Å². The van der Waals surface area contributed by atoms with E-state index in [1.807, 2.05) is 0 Å². The molecule has 0 aliphatic carbocycles. The lowest BCUT2D eigenvalue weighted by molar-refractivity contribution is -0.0496. The normalized spacial score (nSPS) is 15.1. The molecule has 12 heteroatoms. The molecule has 0 aliphatic rings. The lowest BCUT2D eigenvalue weighted by Crippen LogP contribution is -2.29. The van der Waals surface area contributed by atoms with E-state index in [1.54, 1.807) is 0 Å². The van der Waals surface area contributed by atoms with Crippen LogP contribution < -0.4 is 0 Å². The van der Waals surface area contributed by atoms with E-state index in [2.05, 4.69) is 3.63 Å².